The molecule has 1 aromatic heterocycles. The molecule has 1 saturated carbocycles. The molecule has 0 bridgehead atoms. The molecule has 1 fully saturated rings. The second-order valence-corrected chi connectivity index (χ2v) is 9.75. The molecule has 2 aromatic rings. The van der Waals surface area contributed by atoms with Crippen molar-refractivity contribution in [2.24, 2.45) is 5.92 Å². The summed E-state index contributed by atoms with van der Waals surface area (Å²) in [5, 5.41) is 12.4. The number of aliphatic hydroxyl groups is 1. The molecular weight excluding hydrogens is 472 g/mol. The van der Waals surface area contributed by atoms with Crippen LogP contribution in [0.1, 0.15) is 66.4 Å². The van der Waals surface area contributed by atoms with Crippen molar-refractivity contribution >= 4 is 11.8 Å². The number of fused-ring (bicyclic) bond motifs is 2. The second-order valence-electron chi connectivity index (χ2n) is 9.75. The zero-order valence-electron chi connectivity index (χ0n) is 20.6. The highest BCUT2D eigenvalue weighted by Gasteiger charge is 2.60. The highest BCUT2D eigenvalue weighted by Crippen LogP contribution is 2.54. The number of nitrogens with one attached hydrogen (secondary N) is 1. The van der Waals surface area contributed by atoms with Crippen molar-refractivity contribution in [2.45, 2.75) is 58.2 Å². The first-order chi connectivity index (χ1) is 17.1. The number of carbonyl (C=O) groups excluding carboxylic acids is 2. The highest BCUT2D eigenvalue weighted by atomic mass is 19.1. The van der Waals surface area contributed by atoms with Crippen LogP contribution >= 0.6 is 0 Å². The van der Waals surface area contributed by atoms with Crippen molar-refractivity contribution < 1.29 is 28.2 Å². The van der Waals surface area contributed by atoms with Gasteiger partial charge in [-0.15, -0.1) is 0 Å². The van der Waals surface area contributed by atoms with E-state index >= 15 is 0 Å². The number of ether oxygens (including phenoxy) is 1. The largest absolute Gasteiger partial charge is 0.487 e. The van der Waals surface area contributed by atoms with Crippen LogP contribution in [0.15, 0.2) is 29.2 Å². The normalized spacial score (nSPS) is 20.6. The van der Waals surface area contributed by atoms with Crippen LogP contribution in [-0.4, -0.2) is 52.2 Å². The first kappa shape index (κ1) is 25.8. The van der Waals surface area contributed by atoms with E-state index < -0.39 is 28.5 Å². The van der Waals surface area contributed by atoms with E-state index in [4.69, 9.17) is 4.74 Å². The van der Waals surface area contributed by atoms with Gasteiger partial charge in [-0.05, 0) is 32.8 Å². The Bertz CT molecular complexity index is 1240. The van der Waals surface area contributed by atoms with Crippen LogP contribution in [0, 0.1) is 17.6 Å². The molecule has 2 aliphatic rings. The lowest BCUT2D eigenvalue weighted by Gasteiger charge is -2.40. The van der Waals surface area contributed by atoms with E-state index in [0.717, 1.165) is 12.5 Å². The molecule has 0 saturated heterocycles. The SMILES string of the molecule is CCCCOc1c2n(cc(C(=O)NCc3ccc(F)cc3F)c1=O)[C@@]1(C[C@H]1CO)CN(C(C)C)C2=O. The van der Waals surface area contributed by atoms with Gasteiger partial charge in [0, 0.05) is 49.5 Å². The van der Waals surface area contributed by atoms with Gasteiger partial charge in [0.1, 0.15) is 17.2 Å². The Hall–Kier alpha value is -3.27. The van der Waals surface area contributed by atoms with Crippen molar-refractivity contribution in [1.29, 1.82) is 0 Å². The van der Waals surface area contributed by atoms with Crippen molar-refractivity contribution in [3.63, 3.8) is 0 Å². The molecule has 1 aliphatic heterocycles. The average molecular weight is 504 g/mol. The molecule has 2 atom stereocenters. The van der Waals surface area contributed by atoms with Crippen LogP contribution in [0.2, 0.25) is 0 Å². The standard InChI is InChI=1S/C26H31F2N3O5/c1-4-5-8-36-23-21-25(35)30(15(2)3)14-26(10-17(26)13-32)31(21)12-19(22(23)33)24(34)29-11-16-6-7-18(27)9-20(16)28/h6-7,9,12,15,17,32H,4-5,8,10-11,13-14H2,1-3H3,(H,29,34)/t17-,26-/m0/s1. The van der Waals surface area contributed by atoms with E-state index in [2.05, 4.69) is 5.32 Å². The number of pyridine rings is 1. The van der Waals surface area contributed by atoms with Crippen molar-refractivity contribution in [1.82, 2.24) is 14.8 Å². The Labute approximate surface area is 207 Å². The Morgan fingerprint density at radius 2 is 2.06 bits per heavy atom. The van der Waals surface area contributed by atoms with Crippen LogP contribution in [-0.2, 0) is 12.1 Å². The number of aromatic nitrogens is 1. The lowest BCUT2D eigenvalue weighted by Crippen LogP contribution is -2.52. The first-order valence-corrected chi connectivity index (χ1v) is 12.2. The number of hydrogen-bond acceptors (Lipinski definition) is 5. The quantitative estimate of drug-likeness (QED) is 0.513. The fourth-order valence-electron chi connectivity index (χ4n) is 4.78. The smallest absolute Gasteiger partial charge is 0.274 e. The van der Waals surface area contributed by atoms with Gasteiger partial charge in [0.25, 0.3) is 11.8 Å². The molecule has 1 aliphatic carbocycles. The number of amides is 2. The van der Waals surface area contributed by atoms with Crippen LogP contribution in [0.25, 0.3) is 0 Å². The van der Waals surface area contributed by atoms with Gasteiger partial charge in [-0.1, -0.05) is 19.4 Å². The number of carbonyl (C=O) groups is 2. The van der Waals surface area contributed by atoms with E-state index in [-0.39, 0.29) is 60.2 Å². The highest BCUT2D eigenvalue weighted by molar-refractivity contribution is 5.99. The summed E-state index contributed by atoms with van der Waals surface area (Å²) >= 11 is 0. The van der Waals surface area contributed by atoms with E-state index in [9.17, 15) is 28.3 Å². The lowest BCUT2D eigenvalue weighted by atomic mass is 10.0. The number of benzene rings is 1. The summed E-state index contributed by atoms with van der Waals surface area (Å²) in [6.45, 7) is 5.87. The molecule has 2 amide bonds. The van der Waals surface area contributed by atoms with Crippen LogP contribution in [0.3, 0.4) is 0 Å². The number of halogens is 2. The maximum Gasteiger partial charge on any atom is 0.274 e. The minimum atomic E-state index is -0.817. The third-order valence-electron chi connectivity index (χ3n) is 7.04. The molecule has 36 heavy (non-hydrogen) atoms. The average Bonchev–Trinajstić information content (AvgIpc) is 3.55. The fourth-order valence-corrected chi connectivity index (χ4v) is 4.78. The summed E-state index contributed by atoms with van der Waals surface area (Å²) < 4.78 is 34.7. The zero-order valence-corrected chi connectivity index (χ0v) is 20.6. The molecule has 2 heterocycles. The van der Waals surface area contributed by atoms with Crippen molar-refractivity contribution in [3.8, 4) is 5.75 Å². The topological polar surface area (TPSA) is 101 Å². The Morgan fingerprint density at radius 3 is 2.67 bits per heavy atom. The monoisotopic (exact) mass is 503 g/mol. The molecule has 1 spiro atoms. The van der Waals surface area contributed by atoms with Gasteiger partial charge in [-0.25, -0.2) is 8.78 Å². The first-order valence-electron chi connectivity index (χ1n) is 12.2. The Balaban J connectivity index is 1.77. The van der Waals surface area contributed by atoms with Gasteiger partial charge in [0.2, 0.25) is 5.43 Å². The summed E-state index contributed by atoms with van der Waals surface area (Å²) in [6.07, 6.45) is 3.37. The van der Waals surface area contributed by atoms with Crippen LogP contribution < -0.4 is 15.5 Å². The molecule has 8 nitrogen and oxygen atoms in total. The molecule has 2 N–H and O–H groups in total. The number of nitrogens with zero attached hydrogens (tertiary/aromatic N) is 2. The minimum absolute atomic E-state index is 0.0593. The summed E-state index contributed by atoms with van der Waals surface area (Å²) in [7, 11) is 0. The summed E-state index contributed by atoms with van der Waals surface area (Å²) in [6, 6.07) is 2.87. The fraction of sp³-hybridized carbons (Fsp3) is 0.500. The van der Waals surface area contributed by atoms with Gasteiger partial charge < -0.3 is 24.6 Å². The molecule has 0 radical (unpaired) electrons. The predicted octanol–water partition coefficient (Wildman–Crippen LogP) is 2.81. The number of unbranched alkanes of at least 4 members (excludes halogenated alkanes) is 1. The van der Waals surface area contributed by atoms with Gasteiger partial charge in [0.15, 0.2) is 11.4 Å². The Morgan fingerprint density at radius 1 is 1.31 bits per heavy atom. The molecular formula is C26H31F2N3O5. The van der Waals surface area contributed by atoms with E-state index in [1.54, 1.807) is 9.47 Å². The summed E-state index contributed by atoms with van der Waals surface area (Å²) in [5.41, 5.74) is -1.50. The second kappa shape index (κ2) is 10.0. The van der Waals surface area contributed by atoms with E-state index in [0.29, 0.717) is 25.5 Å². The third-order valence-corrected chi connectivity index (χ3v) is 7.04. The third kappa shape index (κ3) is 4.50. The van der Waals surface area contributed by atoms with Crippen molar-refractivity contribution in [2.75, 3.05) is 19.8 Å². The van der Waals surface area contributed by atoms with Crippen LogP contribution in [0.5, 0.6) is 5.75 Å². The Kier molecular flexibility index (Phi) is 7.17. The molecule has 0 unspecified atom stereocenters. The number of aliphatic hydroxyl groups excluding tert-OH is 1. The van der Waals surface area contributed by atoms with Crippen molar-refractivity contribution in [3.05, 3.63) is 63.1 Å². The summed E-state index contributed by atoms with van der Waals surface area (Å²) in [5.74, 6) is -3.04. The maximum absolute atomic E-state index is 14.0. The van der Waals surface area contributed by atoms with Gasteiger partial charge in [0.05, 0.1) is 12.1 Å². The van der Waals surface area contributed by atoms with E-state index in [1.165, 1.54) is 12.3 Å². The van der Waals surface area contributed by atoms with Gasteiger partial charge in [-0.3, -0.25) is 14.4 Å². The van der Waals surface area contributed by atoms with E-state index in [1.807, 2.05) is 20.8 Å². The maximum atomic E-state index is 14.0. The summed E-state index contributed by atoms with van der Waals surface area (Å²) in [4.78, 5) is 41.7. The molecule has 194 valence electrons. The van der Waals surface area contributed by atoms with Gasteiger partial charge in [-0.2, -0.15) is 0 Å². The lowest BCUT2D eigenvalue weighted by molar-refractivity contribution is 0.0548. The molecule has 4 rings (SSSR count). The zero-order chi connectivity index (χ0) is 26.2. The number of hydrogen-bond donors (Lipinski definition) is 2. The molecule has 10 heteroatoms. The minimum Gasteiger partial charge on any atom is -0.487 e. The molecule has 1 aromatic carbocycles. The van der Waals surface area contributed by atoms with Crippen LogP contribution in [0.4, 0.5) is 8.78 Å². The predicted molar refractivity (Wildman–Crippen MR) is 128 cm³/mol. The number of rotatable bonds is 9. The van der Waals surface area contributed by atoms with Gasteiger partial charge >= 0.3 is 0 Å².